The molecule has 98 valence electrons. The maximum Gasteiger partial charge on any atom is 0.199 e. The first-order valence-electron chi connectivity index (χ1n) is 5.73. The maximum atomic E-state index is 9.67. The van der Waals surface area contributed by atoms with Crippen LogP contribution in [-0.2, 0) is 6.54 Å². The third-order valence-corrected chi connectivity index (χ3v) is 3.10. The Morgan fingerprint density at radius 2 is 2.11 bits per heavy atom. The van der Waals surface area contributed by atoms with Crippen LogP contribution in [0.25, 0.3) is 11.0 Å². The smallest absolute Gasteiger partial charge is 0.199 e. The first kappa shape index (κ1) is 13.4. The van der Waals surface area contributed by atoms with Crippen LogP contribution >= 0.6 is 11.6 Å². The van der Waals surface area contributed by atoms with Gasteiger partial charge in [0.15, 0.2) is 5.22 Å². The molecule has 0 aliphatic carbocycles. The summed E-state index contributed by atoms with van der Waals surface area (Å²) in [6.07, 6.45) is 0. The Hall–Kier alpha value is -1.07. The van der Waals surface area contributed by atoms with E-state index in [1.165, 1.54) is 0 Å². The van der Waals surface area contributed by atoms with Crippen LogP contribution in [0.2, 0.25) is 5.22 Å². The van der Waals surface area contributed by atoms with E-state index in [0.29, 0.717) is 11.8 Å². The van der Waals surface area contributed by atoms with Crippen molar-refractivity contribution in [2.75, 3.05) is 13.2 Å². The van der Waals surface area contributed by atoms with Crippen molar-refractivity contribution in [3.05, 3.63) is 35.0 Å². The second kappa shape index (κ2) is 5.28. The number of benzene rings is 1. The summed E-state index contributed by atoms with van der Waals surface area (Å²) in [7, 11) is 0. The van der Waals surface area contributed by atoms with Gasteiger partial charge in [-0.05, 0) is 24.6 Å². The van der Waals surface area contributed by atoms with Crippen molar-refractivity contribution in [2.24, 2.45) is 0 Å². The second-order valence-electron chi connectivity index (χ2n) is 4.61. The minimum absolute atomic E-state index is 0.277. The zero-order valence-corrected chi connectivity index (χ0v) is 10.9. The summed E-state index contributed by atoms with van der Waals surface area (Å²) in [6, 6.07) is 7.60. The highest BCUT2D eigenvalue weighted by Crippen LogP contribution is 2.29. The number of aliphatic hydroxyl groups excluding tert-OH is 1. The lowest BCUT2D eigenvalue weighted by Crippen LogP contribution is -2.40. The zero-order valence-electron chi connectivity index (χ0n) is 10.1. The molecule has 1 unspecified atom stereocenters. The van der Waals surface area contributed by atoms with Crippen LogP contribution in [0.1, 0.15) is 12.5 Å². The quantitative estimate of drug-likeness (QED) is 0.776. The van der Waals surface area contributed by atoms with Crippen LogP contribution in [0.15, 0.2) is 28.7 Å². The Kier molecular flexibility index (Phi) is 3.92. The van der Waals surface area contributed by atoms with E-state index in [1.807, 2.05) is 24.3 Å². The van der Waals surface area contributed by atoms with Crippen LogP contribution in [0.5, 0.6) is 0 Å². The van der Waals surface area contributed by atoms with E-state index in [2.05, 4.69) is 5.32 Å². The normalized spacial score (nSPS) is 14.9. The summed E-state index contributed by atoms with van der Waals surface area (Å²) >= 11 is 6.03. The molecule has 0 aliphatic heterocycles. The Labute approximate surface area is 110 Å². The number of halogens is 1. The summed E-state index contributed by atoms with van der Waals surface area (Å²) in [4.78, 5) is 0. The number of hydrogen-bond donors (Lipinski definition) is 3. The van der Waals surface area contributed by atoms with Gasteiger partial charge in [0.2, 0.25) is 0 Å². The van der Waals surface area contributed by atoms with E-state index in [4.69, 9.17) is 21.1 Å². The van der Waals surface area contributed by atoms with E-state index < -0.39 is 5.60 Å². The molecule has 4 nitrogen and oxygen atoms in total. The average molecular weight is 270 g/mol. The molecule has 0 saturated carbocycles. The fraction of sp³-hybridized carbons (Fsp3) is 0.385. The maximum absolute atomic E-state index is 9.67. The standard InChI is InChI=1S/C13H16ClNO3/c1-13(17,8-16)7-15-6-10-9-4-2-3-5-11(9)18-12(10)14/h2-5,15-17H,6-8H2,1H3. The number of fused-ring (bicyclic) bond motifs is 1. The Morgan fingerprint density at radius 3 is 2.83 bits per heavy atom. The average Bonchev–Trinajstić information content (AvgIpc) is 2.66. The van der Waals surface area contributed by atoms with Gasteiger partial charge in [0.1, 0.15) is 5.58 Å². The van der Waals surface area contributed by atoms with Gasteiger partial charge in [0.25, 0.3) is 0 Å². The van der Waals surface area contributed by atoms with Gasteiger partial charge >= 0.3 is 0 Å². The molecule has 1 aromatic carbocycles. The van der Waals surface area contributed by atoms with Crippen LogP contribution in [0, 0.1) is 0 Å². The molecule has 1 atom stereocenters. The molecule has 5 heteroatoms. The number of furan rings is 1. The van der Waals surface area contributed by atoms with Crippen LogP contribution in [0.4, 0.5) is 0 Å². The Bertz CT molecular complexity index is 536. The van der Waals surface area contributed by atoms with Crippen LogP contribution in [-0.4, -0.2) is 29.0 Å². The zero-order chi connectivity index (χ0) is 13.2. The van der Waals surface area contributed by atoms with E-state index in [0.717, 1.165) is 16.5 Å². The number of para-hydroxylation sites is 1. The lowest BCUT2D eigenvalue weighted by atomic mass is 10.1. The fourth-order valence-electron chi connectivity index (χ4n) is 1.75. The van der Waals surface area contributed by atoms with Crippen LogP contribution < -0.4 is 5.32 Å². The van der Waals surface area contributed by atoms with Gasteiger partial charge in [0.05, 0.1) is 12.2 Å². The summed E-state index contributed by atoms with van der Waals surface area (Å²) in [5.41, 5.74) is 0.473. The summed E-state index contributed by atoms with van der Waals surface area (Å²) in [6.45, 7) is 2.03. The van der Waals surface area contributed by atoms with Crippen molar-refractivity contribution in [1.29, 1.82) is 0 Å². The molecule has 0 bridgehead atoms. The fourth-order valence-corrected chi connectivity index (χ4v) is 2.00. The first-order chi connectivity index (χ1) is 8.53. The topological polar surface area (TPSA) is 65.6 Å². The lowest BCUT2D eigenvalue weighted by molar-refractivity contribution is 0.00254. The molecular weight excluding hydrogens is 254 g/mol. The molecule has 2 rings (SSSR count). The van der Waals surface area contributed by atoms with Crippen molar-refractivity contribution in [3.8, 4) is 0 Å². The van der Waals surface area contributed by atoms with Crippen molar-refractivity contribution in [3.63, 3.8) is 0 Å². The molecule has 1 aromatic heterocycles. The molecule has 0 amide bonds. The van der Waals surface area contributed by atoms with Crippen LogP contribution in [0.3, 0.4) is 0 Å². The highest BCUT2D eigenvalue weighted by atomic mass is 35.5. The van der Waals surface area contributed by atoms with E-state index in [-0.39, 0.29) is 13.2 Å². The highest BCUT2D eigenvalue weighted by molar-refractivity contribution is 6.30. The second-order valence-corrected chi connectivity index (χ2v) is 4.95. The molecule has 3 N–H and O–H groups in total. The van der Waals surface area contributed by atoms with Crippen molar-refractivity contribution >= 4 is 22.6 Å². The minimum Gasteiger partial charge on any atom is -0.444 e. The summed E-state index contributed by atoms with van der Waals surface area (Å²) in [5.74, 6) is 0. The third kappa shape index (κ3) is 2.84. The molecule has 18 heavy (non-hydrogen) atoms. The van der Waals surface area contributed by atoms with E-state index >= 15 is 0 Å². The summed E-state index contributed by atoms with van der Waals surface area (Å²) < 4.78 is 5.42. The number of hydrogen-bond acceptors (Lipinski definition) is 4. The summed E-state index contributed by atoms with van der Waals surface area (Å²) in [5, 5.41) is 23.0. The van der Waals surface area contributed by atoms with Gasteiger partial charge in [-0.25, -0.2) is 0 Å². The SMILES string of the molecule is CC(O)(CO)CNCc1c(Cl)oc2ccccc12. The predicted molar refractivity (Wildman–Crippen MR) is 70.6 cm³/mol. The van der Waals surface area contributed by atoms with Crippen molar-refractivity contribution in [2.45, 2.75) is 19.1 Å². The van der Waals surface area contributed by atoms with Gasteiger partial charge in [-0.1, -0.05) is 18.2 Å². The molecule has 0 radical (unpaired) electrons. The highest BCUT2D eigenvalue weighted by Gasteiger charge is 2.19. The van der Waals surface area contributed by atoms with Gasteiger partial charge in [-0.3, -0.25) is 0 Å². The van der Waals surface area contributed by atoms with E-state index in [9.17, 15) is 5.11 Å². The van der Waals surface area contributed by atoms with E-state index in [1.54, 1.807) is 6.92 Å². The molecule has 0 spiro atoms. The molecular formula is C13H16ClNO3. The molecule has 0 fully saturated rings. The molecule has 0 saturated heterocycles. The predicted octanol–water partition coefficient (Wildman–Crippen LogP) is 1.92. The van der Waals surface area contributed by atoms with Gasteiger partial charge in [0, 0.05) is 24.0 Å². The van der Waals surface area contributed by atoms with Crippen molar-refractivity contribution < 1.29 is 14.6 Å². The monoisotopic (exact) mass is 269 g/mol. The third-order valence-electron chi connectivity index (χ3n) is 2.80. The number of nitrogens with one attached hydrogen (secondary N) is 1. The Morgan fingerprint density at radius 1 is 1.39 bits per heavy atom. The van der Waals surface area contributed by atoms with Gasteiger partial charge in [-0.15, -0.1) is 0 Å². The minimum atomic E-state index is -1.13. The largest absolute Gasteiger partial charge is 0.444 e. The Balaban J connectivity index is 2.10. The number of aliphatic hydroxyl groups is 2. The lowest BCUT2D eigenvalue weighted by Gasteiger charge is -2.20. The molecule has 0 aliphatic rings. The molecule has 2 aromatic rings. The first-order valence-corrected chi connectivity index (χ1v) is 6.11. The number of rotatable bonds is 5. The van der Waals surface area contributed by atoms with Gasteiger partial charge < -0.3 is 19.9 Å². The van der Waals surface area contributed by atoms with Gasteiger partial charge in [-0.2, -0.15) is 0 Å². The van der Waals surface area contributed by atoms with Crippen molar-refractivity contribution in [1.82, 2.24) is 5.32 Å². The molecule has 1 heterocycles.